The molecule has 0 saturated heterocycles. The fraction of sp³-hybridized carbons (Fsp3) is 0.417. The minimum atomic E-state index is -4.28. The molecule has 3 aromatic rings. The molecule has 1 atom stereocenters. The van der Waals surface area contributed by atoms with Crippen molar-refractivity contribution in [1.82, 2.24) is 39.6 Å². The second kappa shape index (κ2) is 9.79. The van der Waals surface area contributed by atoms with E-state index < -0.39 is 33.5 Å². The van der Waals surface area contributed by atoms with Crippen LogP contribution in [0.5, 0.6) is 0 Å². The summed E-state index contributed by atoms with van der Waals surface area (Å²) in [5.74, 6) is 0.251. The molecule has 1 fully saturated rings. The van der Waals surface area contributed by atoms with Crippen molar-refractivity contribution in [2.75, 3.05) is 0 Å². The second-order valence-corrected chi connectivity index (χ2v) is 11.9. The number of hydrogen-bond donors (Lipinski definition) is 3. The Labute approximate surface area is 223 Å². The fourth-order valence-corrected chi connectivity index (χ4v) is 5.56. The standard InChI is InChI=1S/C24H28F3N9O2S/c1-15(2)32-20-11-23(28,30-13-18(20)19-6-9-35(34-19)10-7-24(25,26)27)21-5-8-29-22(33-21)16-12-31-36(14-16)39(37,38)17-3-4-17/h5-6,8-9,11-15,17,30,32H,3-4,7,10,28H2,1-2H3. The summed E-state index contributed by atoms with van der Waals surface area (Å²) in [7, 11) is -3.53. The number of nitrogens with zero attached hydrogens (tertiary/aromatic N) is 6. The number of dihydropyridines is 1. The van der Waals surface area contributed by atoms with Gasteiger partial charge in [0.05, 0.1) is 41.0 Å². The van der Waals surface area contributed by atoms with E-state index in [0.717, 1.165) is 4.09 Å². The van der Waals surface area contributed by atoms with E-state index in [4.69, 9.17) is 5.73 Å². The minimum absolute atomic E-state index is 0.00882. The zero-order valence-electron chi connectivity index (χ0n) is 21.2. The Morgan fingerprint density at radius 3 is 2.74 bits per heavy atom. The van der Waals surface area contributed by atoms with Crippen molar-refractivity contribution in [2.45, 2.75) is 62.8 Å². The Balaban J connectivity index is 1.42. The summed E-state index contributed by atoms with van der Waals surface area (Å²) in [6.07, 6.45) is 5.15. The zero-order valence-corrected chi connectivity index (χ0v) is 22.0. The van der Waals surface area contributed by atoms with Crippen LogP contribution >= 0.6 is 0 Å². The van der Waals surface area contributed by atoms with Gasteiger partial charge in [0.25, 0.3) is 10.0 Å². The molecule has 0 amide bonds. The highest BCUT2D eigenvalue weighted by Crippen LogP contribution is 2.32. The highest BCUT2D eigenvalue weighted by Gasteiger charge is 2.38. The minimum Gasteiger partial charge on any atom is -0.382 e. The molecule has 0 spiro atoms. The molecule has 208 valence electrons. The second-order valence-electron chi connectivity index (χ2n) is 9.87. The topological polar surface area (TPSA) is 146 Å². The Bertz CT molecular complexity index is 1540. The highest BCUT2D eigenvalue weighted by molar-refractivity contribution is 7.90. The Hall–Kier alpha value is -3.72. The molecule has 3 aromatic heterocycles. The molecule has 1 aliphatic heterocycles. The molecular formula is C24H28F3N9O2S. The maximum atomic E-state index is 12.6. The molecule has 4 N–H and O–H groups in total. The first-order valence-corrected chi connectivity index (χ1v) is 13.8. The summed E-state index contributed by atoms with van der Waals surface area (Å²) < 4.78 is 65.2. The van der Waals surface area contributed by atoms with Crippen LogP contribution in [-0.4, -0.2) is 54.8 Å². The van der Waals surface area contributed by atoms with Crippen LogP contribution in [-0.2, 0) is 22.2 Å². The number of nitrogens with one attached hydrogen (secondary N) is 2. The summed E-state index contributed by atoms with van der Waals surface area (Å²) in [6, 6.07) is 3.28. The van der Waals surface area contributed by atoms with Crippen molar-refractivity contribution in [2.24, 2.45) is 5.73 Å². The molecule has 1 unspecified atom stereocenters. The number of allylic oxidation sites excluding steroid dienone is 1. The zero-order chi connectivity index (χ0) is 28.0. The van der Waals surface area contributed by atoms with Crippen LogP contribution in [0.2, 0.25) is 0 Å². The van der Waals surface area contributed by atoms with Gasteiger partial charge in [0.15, 0.2) is 11.5 Å². The van der Waals surface area contributed by atoms with Crippen LogP contribution in [0.1, 0.15) is 44.5 Å². The van der Waals surface area contributed by atoms with Gasteiger partial charge in [-0.3, -0.25) is 4.68 Å². The number of aryl methyl sites for hydroxylation is 1. The van der Waals surface area contributed by atoms with Gasteiger partial charge in [0, 0.05) is 42.5 Å². The summed E-state index contributed by atoms with van der Waals surface area (Å²) in [5.41, 5.74) is 7.98. The van der Waals surface area contributed by atoms with Crippen molar-refractivity contribution in [1.29, 1.82) is 0 Å². The third kappa shape index (κ3) is 5.83. The fourth-order valence-electron chi connectivity index (χ4n) is 4.08. The van der Waals surface area contributed by atoms with Gasteiger partial charge in [-0.05, 0) is 44.9 Å². The van der Waals surface area contributed by atoms with Crippen molar-refractivity contribution in [3.8, 4) is 11.4 Å². The normalized spacial score (nSPS) is 20.0. The molecular weight excluding hydrogens is 535 g/mol. The average Bonchev–Trinajstić information content (AvgIpc) is 3.42. The molecule has 11 nitrogen and oxygen atoms in total. The van der Waals surface area contributed by atoms with Crippen molar-refractivity contribution in [3.05, 3.63) is 66.3 Å². The van der Waals surface area contributed by atoms with Crippen LogP contribution in [0.15, 0.2) is 54.9 Å². The van der Waals surface area contributed by atoms with E-state index in [-0.39, 0.29) is 18.4 Å². The molecule has 0 aromatic carbocycles. The lowest BCUT2D eigenvalue weighted by molar-refractivity contribution is -0.137. The highest BCUT2D eigenvalue weighted by atomic mass is 32.2. The van der Waals surface area contributed by atoms with E-state index in [0.29, 0.717) is 41.1 Å². The van der Waals surface area contributed by atoms with E-state index in [1.54, 1.807) is 24.4 Å². The summed E-state index contributed by atoms with van der Waals surface area (Å²) in [5, 5.41) is 14.3. The van der Waals surface area contributed by atoms with Gasteiger partial charge in [0.2, 0.25) is 0 Å². The number of alkyl halides is 3. The van der Waals surface area contributed by atoms with Crippen LogP contribution in [0.3, 0.4) is 0 Å². The molecule has 1 aliphatic carbocycles. The smallest absolute Gasteiger partial charge is 0.382 e. The van der Waals surface area contributed by atoms with Gasteiger partial charge in [-0.25, -0.2) is 18.4 Å². The quantitative estimate of drug-likeness (QED) is 0.357. The third-order valence-corrected chi connectivity index (χ3v) is 8.24. The van der Waals surface area contributed by atoms with Crippen molar-refractivity contribution in [3.63, 3.8) is 0 Å². The van der Waals surface area contributed by atoms with Gasteiger partial charge < -0.3 is 16.4 Å². The lowest BCUT2D eigenvalue weighted by Crippen LogP contribution is -2.50. The van der Waals surface area contributed by atoms with Crippen LogP contribution in [0, 0.1) is 0 Å². The number of aromatic nitrogens is 6. The van der Waals surface area contributed by atoms with Gasteiger partial charge in [-0.2, -0.15) is 27.5 Å². The summed E-state index contributed by atoms with van der Waals surface area (Å²) in [6.45, 7) is 3.59. The molecule has 2 aliphatic rings. The predicted molar refractivity (Wildman–Crippen MR) is 137 cm³/mol. The van der Waals surface area contributed by atoms with E-state index in [2.05, 4.69) is 30.8 Å². The average molecular weight is 564 g/mol. The van der Waals surface area contributed by atoms with E-state index in [9.17, 15) is 21.6 Å². The number of rotatable bonds is 9. The first-order valence-electron chi connectivity index (χ1n) is 12.3. The van der Waals surface area contributed by atoms with Crippen molar-refractivity contribution < 1.29 is 21.6 Å². The Morgan fingerprint density at radius 1 is 1.28 bits per heavy atom. The number of nitrogens with two attached hydrogens (primary N) is 1. The summed E-state index contributed by atoms with van der Waals surface area (Å²) in [4.78, 5) is 8.85. The Kier molecular flexibility index (Phi) is 6.74. The Morgan fingerprint density at radius 2 is 2.05 bits per heavy atom. The maximum absolute atomic E-state index is 12.6. The van der Waals surface area contributed by atoms with Gasteiger partial charge in [-0.15, -0.1) is 0 Å². The first-order chi connectivity index (χ1) is 18.3. The van der Waals surface area contributed by atoms with Crippen LogP contribution < -0.4 is 16.4 Å². The predicted octanol–water partition coefficient (Wildman–Crippen LogP) is 2.47. The SMILES string of the molecule is CC(C)NC1=CC(N)(c2ccnc(-c3cnn(S(=O)(=O)C4CC4)c3)n2)NC=C1c1ccn(CCC(F)(F)F)n1. The monoisotopic (exact) mass is 563 g/mol. The molecule has 0 radical (unpaired) electrons. The van der Waals surface area contributed by atoms with Gasteiger partial charge in [-0.1, -0.05) is 0 Å². The van der Waals surface area contributed by atoms with E-state index >= 15 is 0 Å². The molecule has 5 rings (SSSR count). The van der Waals surface area contributed by atoms with Crippen LogP contribution in [0.4, 0.5) is 13.2 Å². The largest absolute Gasteiger partial charge is 0.390 e. The maximum Gasteiger partial charge on any atom is 0.390 e. The van der Waals surface area contributed by atoms with E-state index in [1.807, 2.05) is 13.8 Å². The molecule has 39 heavy (non-hydrogen) atoms. The number of halogens is 3. The lowest BCUT2D eigenvalue weighted by Gasteiger charge is -2.33. The number of hydrogen-bond acceptors (Lipinski definition) is 9. The molecule has 0 bridgehead atoms. The van der Waals surface area contributed by atoms with Gasteiger partial charge >= 0.3 is 6.18 Å². The van der Waals surface area contributed by atoms with E-state index in [1.165, 1.54) is 29.5 Å². The van der Waals surface area contributed by atoms with Crippen LogP contribution in [0.25, 0.3) is 17.0 Å². The summed E-state index contributed by atoms with van der Waals surface area (Å²) >= 11 is 0. The molecule has 4 heterocycles. The lowest BCUT2D eigenvalue weighted by atomic mass is 9.97. The molecule has 1 saturated carbocycles. The van der Waals surface area contributed by atoms with Crippen molar-refractivity contribution >= 4 is 15.6 Å². The third-order valence-electron chi connectivity index (χ3n) is 6.21. The van der Waals surface area contributed by atoms with Gasteiger partial charge in [0.1, 0.15) is 0 Å². The molecule has 15 heteroatoms. The first kappa shape index (κ1) is 26.9.